The number of urea groups is 1. The molecule has 1 aromatic heterocycles. The molecular formula is C11H17N3OS. The third-order valence-corrected chi connectivity index (χ3v) is 3.71. The van der Waals surface area contributed by atoms with Crippen molar-refractivity contribution in [1.29, 1.82) is 0 Å². The molecule has 0 spiro atoms. The number of nitrogens with zero attached hydrogens (tertiary/aromatic N) is 1. The van der Waals surface area contributed by atoms with E-state index in [1.165, 1.54) is 30.6 Å². The minimum Gasteiger partial charge on any atom is -0.333 e. The number of thiazole rings is 1. The van der Waals surface area contributed by atoms with Crippen molar-refractivity contribution in [1.82, 2.24) is 10.3 Å². The zero-order valence-corrected chi connectivity index (χ0v) is 10.3. The summed E-state index contributed by atoms with van der Waals surface area (Å²) in [5.41, 5.74) is -0.0421. The van der Waals surface area contributed by atoms with Gasteiger partial charge in [0.2, 0.25) is 0 Å². The molecule has 88 valence electrons. The number of nitrogens with one attached hydrogen (secondary N) is 2. The molecule has 4 nitrogen and oxygen atoms in total. The number of hydrogen-bond acceptors (Lipinski definition) is 3. The maximum Gasteiger partial charge on any atom is 0.321 e. The summed E-state index contributed by atoms with van der Waals surface area (Å²) in [4.78, 5) is 15.7. The molecule has 0 radical (unpaired) electrons. The number of carbonyl (C=O) groups excluding carboxylic acids is 1. The standard InChI is InChI=1S/C11H17N3OS/c1-11(5-3-2-4-6-11)14-9(15)13-10-12-7-8-16-10/h7-8H,2-6H2,1H3,(H2,12,13,14,15). The molecule has 1 aliphatic rings. The lowest BCUT2D eigenvalue weighted by molar-refractivity contribution is 0.221. The molecule has 0 atom stereocenters. The highest BCUT2D eigenvalue weighted by Gasteiger charge is 2.28. The van der Waals surface area contributed by atoms with Crippen LogP contribution in [0.5, 0.6) is 0 Å². The van der Waals surface area contributed by atoms with Crippen LogP contribution in [0.15, 0.2) is 11.6 Å². The smallest absolute Gasteiger partial charge is 0.321 e. The van der Waals surface area contributed by atoms with Crippen LogP contribution in [0.2, 0.25) is 0 Å². The van der Waals surface area contributed by atoms with E-state index in [0.717, 1.165) is 12.8 Å². The van der Waals surface area contributed by atoms with E-state index < -0.39 is 0 Å². The number of carbonyl (C=O) groups is 1. The van der Waals surface area contributed by atoms with Crippen LogP contribution < -0.4 is 10.6 Å². The summed E-state index contributed by atoms with van der Waals surface area (Å²) >= 11 is 1.43. The second-order valence-electron chi connectivity index (χ2n) is 4.54. The van der Waals surface area contributed by atoms with Gasteiger partial charge in [-0.2, -0.15) is 0 Å². The van der Waals surface area contributed by atoms with E-state index >= 15 is 0 Å². The average Bonchev–Trinajstić information content (AvgIpc) is 2.70. The van der Waals surface area contributed by atoms with Crippen LogP contribution in [-0.2, 0) is 0 Å². The fourth-order valence-corrected chi connectivity index (χ4v) is 2.67. The maximum atomic E-state index is 11.7. The highest BCUT2D eigenvalue weighted by Crippen LogP contribution is 2.27. The molecule has 0 unspecified atom stereocenters. The number of rotatable bonds is 2. The van der Waals surface area contributed by atoms with Gasteiger partial charge < -0.3 is 5.32 Å². The maximum absolute atomic E-state index is 11.7. The third kappa shape index (κ3) is 2.95. The van der Waals surface area contributed by atoms with Gasteiger partial charge in [0, 0.05) is 17.1 Å². The Bertz CT molecular complexity index is 344. The van der Waals surface area contributed by atoms with Gasteiger partial charge in [-0.15, -0.1) is 11.3 Å². The molecule has 1 heterocycles. The molecular weight excluding hydrogens is 222 g/mol. The first-order chi connectivity index (χ1) is 7.68. The fraction of sp³-hybridized carbons (Fsp3) is 0.636. The Labute approximate surface area is 99.5 Å². The monoisotopic (exact) mass is 239 g/mol. The van der Waals surface area contributed by atoms with Crippen LogP contribution in [-0.4, -0.2) is 16.6 Å². The lowest BCUT2D eigenvalue weighted by atomic mass is 9.83. The van der Waals surface area contributed by atoms with E-state index in [0.29, 0.717) is 5.13 Å². The Morgan fingerprint density at radius 3 is 2.81 bits per heavy atom. The Kier molecular flexibility index (Phi) is 3.43. The molecule has 0 bridgehead atoms. The van der Waals surface area contributed by atoms with Crippen LogP contribution in [0, 0.1) is 0 Å². The topological polar surface area (TPSA) is 54.0 Å². The molecule has 1 saturated carbocycles. The molecule has 5 heteroatoms. The Hall–Kier alpha value is -1.10. The van der Waals surface area contributed by atoms with Crippen LogP contribution >= 0.6 is 11.3 Å². The molecule has 1 aliphatic carbocycles. The minimum absolute atomic E-state index is 0.0421. The highest BCUT2D eigenvalue weighted by molar-refractivity contribution is 7.13. The van der Waals surface area contributed by atoms with Crippen LogP contribution in [0.1, 0.15) is 39.0 Å². The molecule has 1 fully saturated rings. The number of aromatic nitrogens is 1. The largest absolute Gasteiger partial charge is 0.333 e. The molecule has 0 aliphatic heterocycles. The van der Waals surface area contributed by atoms with Crippen molar-refractivity contribution in [2.45, 2.75) is 44.6 Å². The van der Waals surface area contributed by atoms with E-state index in [4.69, 9.17) is 0 Å². The van der Waals surface area contributed by atoms with Gasteiger partial charge in [0.05, 0.1) is 0 Å². The average molecular weight is 239 g/mol. The summed E-state index contributed by atoms with van der Waals surface area (Å²) < 4.78 is 0. The fourth-order valence-electron chi connectivity index (χ4n) is 2.14. The van der Waals surface area contributed by atoms with Gasteiger partial charge in [0.15, 0.2) is 5.13 Å². The molecule has 16 heavy (non-hydrogen) atoms. The SMILES string of the molecule is CC1(NC(=O)Nc2nccs2)CCCCC1. The first-order valence-corrected chi connectivity index (χ1v) is 6.55. The Morgan fingerprint density at radius 2 is 2.19 bits per heavy atom. The second-order valence-corrected chi connectivity index (χ2v) is 5.43. The van der Waals surface area contributed by atoms with Crippen molar-refractivity contribution in [2.24, 2.45) is 0 Å². The van der Waals surface area contributed by atoms with Gasteiger partial charge >= 0.3 is 6.03 Å². The van der Waals surface area contributed by atoms with Crippen LogP contribution in [0.3, 0.4) is 0 Å². The van der Waals surface area contributed by atoms with Crippen LogP contribution in [0.4, 0.5) is 9.93 Å². The minimum atomic E-state index is -0.139. The summed E-state index contributed by atoms with van der Waals surface area (Å²) in [6, 6.07) is -0.139. The molecule has 1 aromatic rings. The van der Waals surface area contributed by atoms with Gasteiger partial charge in [-0.1, -0.05) is 19.3 Å². The van der Waals surface area contributed by atoms with E-state index in [2.05, 4.69) is 22.5 Å². The van der Waals surface area contributed by atoms with Gasteiger partial charge in [0.1, 0.15) is 0 Å². The highest BCUT2D eigenvalue weighted by atomic mass is 32.1. The lowest BCUT2D eigenvalue weighted by Crippen LogP contribution is -2.48. The second kappa shape index (κ2) is 4.82. The summed E-state index contributed by atoms with van der Waals surface area (Å²) in [7, 11) is 0. The van der Waals surface area contributed by atoms with Crippen molar-refractivity contribution in [2.75, 3.05) is 5.32 Å². The predicted molar refractivity (Wildman–Crippen MR) is 65.8 cm³/mol. The Balaban J connectivity index is 1.86. The van der Waals surface area contributed by atoms with E-state index in [1.54, 1.807) is 6.20 Å². The van der Waals surface area contributed by atoms with E-state index in [1.807, 2.05) is 5.38 Å². The summed E-state index contributed by atoms with van der Waals surface area (Å²) in [5.74, 6) is 0. The van der Waals surface area contributed by atoms with Crippen molar-refractivity contribution >= 4 is 22.5 Å². The predicted octanol–water partition coefficient (Wildman–Crippen LogP) is 2.99. The molecule has 2 rings (SSSR count). The summed E-state index contributed by atoms with van der Waals surface area (Å²) in [5, 5.41) is 8.30. The molecule has 0 saturated heterocycles. The zero-order chi connectivity index (χ0) is 11.4. The molecule has 2 N–H and O–H groups in total. The summed E-state index contributed by atoms with van der Waals surface area (Å²) in [6.45, 7) is 2.12. The van der Waals surface area contributed by atoms with Gasteiger partial charge in [-0.3, -0.25) is 5.32 Å². The van der Waals surface area contributed by atoms with Crippen molar-refractivity contribution in [3.63, 3.8) is 0 Å². The number of hydrogen-bond donors (Lipinski definition) is 2. The molecule has 0 aromatic carbocycles. The van der Waals surface area contributed by atoms with E-state index in [9.17, 15) is 4.79 Å². The quantitative estimate of drug-likeness (QED) is 0.833. The lowest BCUT2D eigenvalue weighted by Gasteiger charge is -2.34. The first kappa shape index (κ1) is 11.4. The third-order valence-electron chi connectivity index (χ3n) is 3.03. The van der Waals surface area contributed by atoms with Crippen LogP contribution in [0.25, 0.3) is 0 Å². The van der Waals surface area contributed by atoms with Crippen molar-refractivity contribution in [3.05, 3.63) is 11.6 Å². The number of anilines is 1. The van der Waals surface area contributed by atoms with E-state index in [-0.39, 0.29) is 11.6 Å². The molecule has 2 amide bonds. The Morgan fingerprint density at radius 1 is 1.44 bits per heavy atom. The van der Waals surface area contributed by atoms with Crippen molar-refractivity contribution < 1.29 is 4.79 Å². The van der Waals surface area contributed by atoms with Gasteiger partial charge in [-0.05, 0) is 19.8 Å². The van der Waals surface area contributed by atoms with Crippen molar-refractivity contribution in [3.8, 4) is 0 Å². The van der Waals surface area contributed by atoms with Gasteiger partial charge in [-0.25, -0.2) is 9.78 Å². The van der Waals surface area contributed by atoms with Gasteiger partial charge in [0.25, 0.3) is 0 Å². The summed E-state index contributed by atoms with van der Waals surface area (Å²) in [6.07, 6.45) is 7.51. The zero-order valence-electron chi connectivity index (χ0n) is 9.45. The normalized spacial score (nSPS) is 19.1. The number of amides is 2. The first-order valence-electron chi connectivity index (χ1n) is 5.67.